The molecule has 0 saturated carbocycles. The number of rotatable bonds is 2. The van der Waals surface area contributed by atoms with Gasteiger partial charge in [0.1, 0.15) is 13.5 Å². The summed E-state index contributed by atoms with van der Waals surface area (Å²) in [6.45, 7) is 0.882. The number of aromatic nitrogens is 2. The summed E-state index contributed by atoms with van der Waals surface area (Å²) in [4.78, 5) is 6.32. The first-order chi connectivity index (χ1) is 6.68. The van der Waals surface area contributed by atoms with Crippen LogP contribution in [0.25, 0.3) is 5.65 Å². The van der Waals surface area contributed by atoms with Gasteiger partial charge < -0.3 is 9.30 Å². The van der Waals surface area contributed by atoms with Crippen LogP contribution in [0.2, 0.25) is 0 Å². The molecular weight excluding hydrogens is 173 g/mol. The van der Waals surface area contributed by atoms with Gasteiger partial charge in [-0.2, -0.15) is 0 Å². The Bertz CT molecular complexity index is 448. The Kier molecular flexibility index (Phi) is 2.29. The minimum atomic E-state index is 0.720. The second kappa shape index (κ2) is 3.46. The maximum absolute atomic E-state index is 5.80. The van der Waals surface area contributed by atoms with Gasteiger partial charge in [-0.25, -0.2) is 4.98 Å². The summed E-state index contributed by atoms with van der Waals surface area (Å²) in [5.74, 6) is 0. The lowest BCUT2D eigenvalue weighted by Gasteiger charge is -2.12. The SMILES string of the molecule is [B]c1ccc(CN(C)C)n2ccnc12. The van der Waals surface area contributed by atoms with Crippen molar-refractivity contribution >= 4 is 19.0 Å². The largest absolute Gasteiger partial charge is 0.304 e. The molecule has 0 bridgehead atoms. The lowest BCUT2D eigenvalue weighted by Crippen LogP contribution is -2.16. The zero-order chi connectivity index (χ0) is 10.1. The molecule has 0 aliphatic heterocycles. The van der Waals surface area contributed by atoms with Crippen LogP contribution >= 0.6 is 0 Å². The summed E-state index contributed by atoms with van der Waals surface area (Å²) in [5.41, 5.74) is 2.75. The molecule has 2 aromatic rings. The van der Waals surface area contributed by atoms with Gasteiger partial charge in [0.15, 0.2) is 0 Å². The van der Waals surface area contributed by atoms with Gasteiger partial charge >= 0.3 is 0 Å². The summed E-state index contributed by atoms with van der Waals surface area (Å²) >= 11 is 0. The zero-order valence-corrected chi connectivity index (χ0v) is 8.44. The number of nitrogens with zero attached hydrogens (tertiary/aromatic N) is 3. The Labute approximate surface area is 84.8 Å². The molecule has 0 atom stereocenters. The molecule has 0 aliphatic carbocycles. The van der Waals surface area contributed by atoms with Crippen LogP contribution in [0.5, 0.6) is 0 Å². The van der Waals surface area contributed by atoms with E-state index in [0.717, 1.165) is 17.7 Å². The molecule has 0 amide bonds. The predicted octanol–water partition coefficient (Wildman–Crippen LogP) is 0.190. The predicted molar refractivity (Wildman–Crippen MR) is 58.0 cm³/mol. The Morgan fingerprint density at radius 1 is 1.43 bits per heavy atom. The summed E-state index contributed by atoms with van der Waals surface area (Å²) in [6.07, 6.45) is 3.70. The van der Waals surface area contributed by atoms with E-state index in [1.807, 2.05) is 36.8 Å². The minimum Gasteiger partial charge on any atom is -0.304 e. The molecule has 0 spiro atoms. The van der Waals surface area contributed by atoms with Crippen LogP contribution in [0, 0.1) is 0 Å². The quantitative estimate of drug-likeness (QED) is 0.622. The van der Waals surface area contributed by atoms with E-state index in [0.29, 0.717) is 0 Å². The monoisotopic (exact) mass is 185 g/mol. The highest BCUT2D eigenvalue weighted by atomic mass is 15.1. The Balaban J connectivity index is 2.55. The van der Waals surface area contributed by atoms with E-state index >= 15 is 0 Å². The molecule has 0 fully saturated rings. The molecule has 0 unspecified atom stereocenters. The van der Waals surface area contributed by atoms with Crippen LogP contribution in [0.4, 0.5) is 0 Å². The van der Waals surface area contributed by atoms with Crippen molar-refractivity contribution in [2.75, 3.05) is 14.1 Å². The molecule has 0 saturated heterocycles. The molecule has 2 aromatic heterocycles. The highest BCUT2D eigenvalue weighted by molar-refractivity contribution is 6.36. The molecule has 4 heteroatoms. The normalized spacial score (nSPS) is 11.4. The van der Waals surface area contributed by atoms with Crippen molar-refractivity contribution in [3.05, 3.63) is 30.2 Å². The number of fused-ring (bicyclic) bond motifs is 1. The van der Waals surface area contributed by atoms with Gasteiger partial charge in [0.25, 0.3) is 0 Å². The van der Waals surface area contributed by atoms with Crippen molar-refractivity contribution in [3.8, 4) is 0 Å². The van der Waals surface area contributed by atoms with E-state index in [2.05, 4.69) is 9.88 Å². The third kappa shape index (κ3) is 1.53. The van der Waals surface area contributed by atoms with E-state index < -0.39 is 0 Å². The van der Waals surface area contributed by atoms with Crippen LogP contribution in [-0.4, -0.2) is 36.2 Å². The maximum Gasteiger partial charge on any atom is 0.129 e. The molecule has 70 valence electrons. The molecule has 0 aromatic carbocycles. The van der Waals surface area contributed by atoms with Crippen molar-refractivity contribution in [1.29, 1.82) is 0 Å². The van der Waals surface area contributed by atoms with Crippen LogP contribution in [0.15, 0.2) is 24.5 Å². The third-order valence-electron chi connectivity index (χ3n) is 2.14. The fourth-order valence-corrected chi connectivity index (χ4v) is 1.54. The minimum absolute atomic E-state index is 0.720. The maximum atomic E-state index is 5.80. The third-order valence-corrected chi connectivity index (χ3v) is 2.14. The first-order valence-electron chi connectivity index (χ1n) is 4.53. The standard InChI is InChI=1S/C10H12BN3/c1-13(2)7-8-3-4-9(11)10-12-5-6-14(8)10/h3-6H,7H2,1-2H3. The fraction of sp³-hybridized carbons (Fsp3) is 0.300. The number of hydrogen-bond acceptors (Lipinski definition) is 2. The van der Waals surface area contributed by atoms with Gasteiger partial charge in [0, 0.05) is 24.6 Å². The number of hydrogen-bond donors (Lipinski definition) is 0. The van der Waals surface area contributed by atoms with Crippen molar-refractivity contribution in [1.82, 2.24) is 14.3 Å². The lowest BCUT2D eigenvalue weighted by molar-refractivity contribution is 0.395. The van der Waals surface area contributed by atoms with Gasteiger partial charge in [-0.1, -0.05) is 11.5 Å². The first kappa shape index (κ1) is 9.28. The molecule has 2 heterocycles. The van der Waals surface area contributed by atoms with E-state index in [1.54, 1.807) is 6.20 Å². The topological polar surface area (TPSA) is 20.5 Å². The van der Waals surface area contributed by atoms with Crippen LogP contribution in [0.3, 0.4) is 0 Å². The highest BCUT2D eigenvalue weighted by Gasteiger charge is 2.03. The van der Waals surface area contributed by atoms with Crippen molar-refractivity contribution in [2.45, 2.75) is 6.54 Å². The second-order valence-electron chi connectivity index (χ2n) is 3.64. The van der Waals surface area contributed by atoms with E-state index in [9.17, 15) is 0 Å². The first-order valence-corrected chi connectivity index (χ1v) is 4.53. The fourth-order valence-electron chi connectivity index (χ4n) is 1.54. The van der Waals surface area contributed by atoms with Crippen molar-refractivity contribution in [3.63, 3.8) is 0 Å². The molecule has 14 heavy (non-hydrogen) atoms. The second-order valence-corrected chi connectivity index (χ2v) is 3.64. The summed E-state index contributed by atoms with van der Waals surface area (Å²) in [5, 5.41) is 0. The Morgan fingerprint density at radius 3 is 2.93 bits per heavy atom. The molecule has 0 N–H and O–H groups in total. The molecule has 2 rings (SSSR count). The van der Waals surface area contributed by atoms with E-state index in [4.69, 9.17) is 7.85 Å². The summed E-state index contributed by atoms with van der Waals surface area (Å²) in [7, 11) is 9.88. The summed E-state index contributed by atoms with van der Waals surface area (Å²) in [6, 6.07) is 3.94. The highest BCUT2D eigenvalue weighted by Crippen LogP contribution is 2.05. The van der Waals surface area contributed by atoms with E-state index in [1.165, 1.54) is 5.69 Å². The van der Waals surface area contributed by atoms with Gasteiger partial charge in [0.05, 0.1) is 0 Å². The van der Waals surface area contributed by atoms with Crippen LogP contribution < -0.4 is 5.46 Å². The van der Waals surface area contributed by atoms with Crippen molar-refractivity contribution in [2.24, 2.45) is 0 Å². The van der Waals surface area contributed by atoms with Gasteiger partial charge in [-0.05, 0) is 20.2 Å². The summed E-state index contributed by atoms with van der Waals surface area (Å²) < 4.78 is 2.02. The van der Waals surface area contributed by atoms with Crippen LogP contribution in [-0.2, 0) is 6.54 Å². The van der Waals surface area contributed by atoms with E-state index in [-0.39, 0.29) is 0 Å². The number of pyridine rings is 1. The molecular formula is C10H12BN3. The van der Waals surface area contributed by atoms with Gasteiger partial charge in [-0.3, -0.25) is 0 Å². The van der Waals surface area contributed by atoms with Gasteiger partial charge in [-0.15, -0.1) is 0 Å². The Morgan fingerprint density at radius 2 is 2.21 bits per heavy atom. The average Bonchev–Trinajstić information content (AvgIpc) is 2.58. The molecule has 3 nitrogen and oxygen atoms in total. The van der Waals surface area contributed by atoms with Crippen LogP contribution in [0.1, 0.15) is 5.69 Å². The van der Waals surface area contributed by atoms with Crippen molar-refractivity contribution < 1.29 is 0 Å². The molecule has 2 radical (unpaired) electrons. The lowest BCUT2D eigenvalue weighted by atomic mass is 9.97. The number of imidazole rings is 1. The Hall–Kier alpha value is -1.29. The zero-order valence-electron chi connectivity index (χ0n) is 8.44. The smallest absolute Gasteiger partial charge is 0.129 e. The van der Waals surface area contributed by atoms with Gasteiger partial charge in [0.2, 0.25) is 0 Å². The average molecular weight is 185 g/mol. The molecule has 0 aliphatic rings.